The van der Waals surface area contributed by atoms with E-state index in [2.05, 4.69) is 46.9 Å². The van der Waals surface area contributed by atoms with Gasteiger partial charge in [-0.05, 0) is 52.7 Å². The molecule has 2 aromatic rings. The number of nitrogens with zero attached hydrogens (tertiary/aromatic N) is 3. The van der Waals surface area contributed by atoms with Crippen LogP contribution in [0.3, 0.4) is 0 Å². The zero-order chi connectivity index (χ0) is 18.0. The van der Waals surface area contributed by atoms with E-state index in [9.17, 15) is 4.79 Å². The molecule has 0 amide bonds. The Bertz CT molecular complexity index is 728. The number of piperidine rings is 1. The third-order valence-corrected chi connectivity index (χ3v) is 4.56. The van der Waals surface area contributed by atoms with Gasteiger partial charge in [-0.25, -0.2) is 9.78 Å². The van der Waals surface area contributed by atoms with Crippen LogP contribution in [-0.4, -0.2) is 33.7 Å². The molecule has 0 aliphatic carbocycles. The monoisotopic (exact) mass is 341 g/mol. The second-order valence-corrected chi connectivity index (χ2v) is 7.90. The van der Waals surface area contributed by atoms with E-state index in [0.29, 0.717) is 6.54 Å². The van der Waals surface area contributed by atoms with Gasteiger partial charge in [-0.1, -0.05) is 17.7 Å². The Hall–Kier alpha value is -2.14. The number of hydrogen-bond acceptors (Lipinski definition) is 4. The minimum atomic E-state index is -0.486. The van der Waals surface area contributed by atoms with Crippen molar-refractivity contribution in [2.24, 2.45) is 5.41 Å². The topological polar surface area (TPSA) is 47.4 Å². The molecule has 5 heteroatoms. The lowest BCUT2D eigenvalue weighted by Gasteiger charge is -2.32. The van der Waals surface area contributed by atoms with E-state index in [0.717, 1.165) is 30.8 Å². The molecule has 1 unspecified atom stereocenters. The van der Waals surface area contributed by atoms with Crippen molar-refractivity contribution >= 4 is 5.97 Å². The van der Waals surface area contributed by atoms with Crippen molar-refractivity contribution in [1.82, 2.24) is 14.6 Å². The van der Waals surface area contributed by atoms with E-state index < -0.39 is 5.41 Å². The minimum absolute atomic E-state index is 0.182. The Kier molecular flexibility index (Phi) is 4.95. The molecule has 0 saturated carbocycles. The third kappa shape index (κ3) is 4.28. The van der Waals surface area contributed by atoms with E-state index in [-0.39, 0.29) is 11.9 Å². The van der Waals surface area contributed by atoms with Gasteiger partial charge in [-0.3, -0.25) is 0 Å². The molecule has 1 aromatic heterocycles. The van der Waals surface area contributed by atoms with Crippen molar-refractivity contribution in [2.45, 2.75) is 46.5 Å². The van der Waals surface area contributed by atoms with Crippen LogP contribution >= 0.6 is 0 Å². The number of carbonyl (C=O) groups is 1. The summed E-state index contributed by atoms with van der Waals surface area (Å²) in [6, 6.07) is 8.39. The predicted molar refractivity (Wildman–Crippen MR) is 97.4 cm³/mol. The molecule has 1 fully saturated rings. The molecular weight excluding hydrogens is 314 g/mol. The summed E-state index contributed by atoms with van der Waals surface area (Å²) in [6.07, 6.45) is 6.01. The molecule has 1 saturated heterocycles. The molecular formula is C20H27N3O2. The lowest BCUT2D eigenvalue weighted by molar-refractivity contribution is -0.205. The van der Waals surface area contributed by atoms with Crippen molar-refractivity contribution in [1.29, 1.82) is 0 Å². The van der Waals surface area contributed by atoms with Crippen molar-refractivity contribution in [3.63, 3.8) is 0 Å². The van der Waals surface area contributed by atoms with Gasteiger partial charge >= 0.3 is 5.97 Å². The van der Waals surface area contributed by atoms with Crippen molar-refractivity contribution in [2.75, 3.05) is 13.1 Å². The fraction of sp³-hybridized carbons (Fsp3) is 0.500. The zero-order valence-corrected chi connectivity index (χ0v) is 15.5. The Morgan fingerprint density at radius 1 is 1.24 bits per heavy atom. The summed E-state index contributed by atoms with van der Waals surface area (Å²) in [4.78, 5) is 22.3. The SMILES string of the molecule is Cc1ccc(-n2cnc(C3CCCN(OC(=O)C(C)(C)C)C3)c2)cc1. The number of aryl methyl sites for hydroxylation is 1. The number of rotatable bonds is 3. The molecule has 3 rings (SSSR count). The highest BCUT2D eigenvalue weighted by atomic mass is 16.7. The number of benzene rings is 1. The van der Waals surface area contributed by atoms with E-state index in [4.69, 9.17) is 4.84 Å². The van der Waals surface area contributed by atoms with Gasteiger partial charge in [-0.15, -0.1) is 5.06 Å². The van der Waals surface area contributed by atoms with Crippen LogP contribution < -0.4 is 0 Å². The molecule has 25 heavy (non-hydrogen) atoms. The molecule has 1 aliphatic heterocycles. The molecule has 0 bridgehead atoms. The molecule has 1 atom stereocenters. The van der Waals surface area contributed by atoms with Crippen LogP contribution in [0.15, 0.2) is 36.8 Å². The highest BCUT2D eigenvalue weighted by Crippen LogP contribution is 2.27. The summed E-state index contributed by atoms with van der Waals surface area (Å²) < 4.78 is 2.05. The molecule has 1 aliphatic rings. The maximum atomic E-state index is 12.1. The first kappa shape index (κ1) is 17.7. The summed E-state index contributed by atoms with van der Waals surface area (Å²) in [6.45, 7) is 9.20. The summed E-state index contributed by atoms with van der Waals surface area (Å²) in [7, 11) is 0. The number of carbonyl (C=O) groups excluding carboxylic acids is 1. The van der Waals surface area contributed by atoms with Crippen molar-refractivity contribution < 1.29 is 9.63 Å². The standard InChI is InChI=1S/C20H27N3O2/c1-15-7-9-17(10-8-15)22-13-18(21-14-22)16-6-5-11-23(12-16)25-19(24)20(2,3)4/h7-10,13-14,16H,5-6,11-12H2,1-4H3. The van der Waals surface area contributed by atoms with Gasteiger partial charge in [0.05, 0.1) is 17.4 Å². The van der Waals surface area contributed by atoms with E-state index in [1.54, 1.807) is 5.06 Å². The first-order valence-electron chi connectivity index (χ1n) is 8.91. The van der Waals surface area contributed by atoms with E-state index in [1.165, 1.54) is 5.56 Å². The largest absolute Gasteiger partial charge is 0.367 e. The van der Waals surface area contributed by atoms with Crippen LogP contribution in [0.4, 0.5) is 0 Å². The lowest BCUT2D eigenvalue weighted by Crippen LogP contribution is -2.39. The normalized spacial score (nSPS) is 19.0. The Balaban J connectivity index is 1.68. The average Bonchev–Trinajstić information content (AvgIpc) is 3.05. The van der Waals surface area contributed by atoms with Crippen LogP contribution in [0.25, 0.3) is 5.69 Å². The first-order chi connectivity index (χ1) is 11.8. The van der Waals surface area contributed by atoms with Crippen molar-refractivity contribution in [3.05, 3.63) is 48.0 Å². The smallest absolute Gasteiger partial charge is 0.330 e. The quantitative estimate of drug-likeness (QED) is 0.850. The van der Waals surface area contributed by atoms with Crippen LogP contribution in [0, 0.1) is 12.3 Å². The predicted octanol–water partition coefficient (Wildman–Crippen LogP) is 3.86. The second-order valence-electron chi connectivity index (χ2n) is 7.90. The van der Waals surface area contributed by atoms with Crippen LogP contribution in [0.5, 0.6) is 0 Å². The fourth-order valence-corrected chi connectivity index (χ4v) is 2.93. The maximum Gasteiger partial charge on any atom is 0.330 e. The lowest BCUT2D eigenvalue weighted by atomic mass is 9.96. The third-order valence-electron chi connectivity index (χ3n) is 4.56. The molecule has 134 valence electrons. The molecule has 1 aromatic carbocycles. The summed E-state index contributed by atoms with van der Waals surface area (Å²) in [5.41, 5.74) is 2.92. The van der Waals surface area contributed by atoms with E-state index in [1.807, 2.05) is 27.1 Å². The number of hydrogen-bond donors (Lipinski definition) is 0. The number of aromatic nitrogens is 2. The summed E-state index contributed by atoms with van der Waals surface area (Å²) >= 11 is 0. The highest BCUT2D eigenvalue weighted by molar-refractivity contribution is 5.75. The van der Waals surface area contributed by atoms with Gasteiger partial charge in [0, 0.05) is 30.9 Å². The van der Waals surface area contributed by atoms with Gasteiger partial charge in [0.15, 0.2) is 0 Å². The Morgan fingerprint density at radius 2 is 1.96 bits per heavy atom. The zero-order valence-electron chi connectivity index (χ0n) is 15.5. The van der Waals surface area contributed by atoms with Crippen LogP contribution in [0.1, 0.15) is 50.8 Å². The molecule has 5 nitrogen and oxygen atoms in total. The van der Waals surface area contributed by atoms with Gasteiger partial charge < -0.3 is 9.40 Å². The summed E-state index contributed by atoms with van der Waals surface area (Å²) in [5.74, 6) is 0.103. The van der Waals surface area contributed by atoms with Gasteiger partial charge in [0.1, 0.15) is 0 Å². The fourth-order valence-electron chi connectivity index (χ4n) is 2.93. The summed E-state index contributed by atoms with van der Waals surface area (Å²) in [5, 5.41) is 1.80. The van der Waals surface area contributed by atoms with Crippen LogP contribution in [0.2, 0.25) is 0 Å². The van der Waals surface area contributed by atoms with Gasteiger partial charge in [-0.2, -0.15) is 0 Å². The van der Waals surface area contributed by atoms with Crippen molar-refractivity contribution in [3.8, 4) is 5.69 Å². The molecule has 0 spiro atoms. The van der Waals surface area contributed by atoms with Gasteiger partial charge in [0.2, 0.25) is 0 Å². The Labute approximate surface area is 149 Å². The molecule has 0 N–H and O–H groups in total. The average molecular weight is 341 g/mol. The second kappa shape index (κ2) is 7.00. The van der Waals surface area contributed by atoms with Gasteiger partial charge in [0.25, 0.3) is 0 Å². The Morgan fingerprint density at radius 3 is 2.64 bits per heavy atom. The van der Waals surface area contributed by atoms with Crippen LogP contribution in [-0.2, 0) is 9.63 Å². The molecule has 0 radical (unpaired) electrons. The highest BCUT2D eigenvalue weighted by Gasteiger charge is 2.30. The van der Waals surface area contributed by atoms with E-state index >= 15 is 0 Å². The number of hydroxylamine groups is 2. The maximum absolute atomic E-state index is 12.1. The molecule has 2 heterocycles. The first-order valence-corrected chi connectivity index (χ1v) is 8.91. The minimum Gasteiger partial charge on any atom is -0.367 e. The number of imidazole rings is 1.